The smallest absolute Gasteiger partial charge is 0.0834 e. The van der Waals surface area contributed by atoms with E-state index in [9.17, 15) is 5.11 Å². The number of rotatable bonds is 11. The van der Waals surface area contributed by atoms with Crippen LogP contribution < -0.4 is 0 Å². The molecule has 0 N–H and O–H groups in total. The van der Waals surface area contributed by atoms with Crippen LogP contribution in [0.15, 0.2) is 0 Å². The number of methoxy groups -OCH3 is 2. The Hall–Kier alpha value is -0.160. The van der Waals surface area contributed by atoms with Gasteiger partial charge in [-0.15, -0.1) is 0 Å². The van der Waals surface area contributed by atoms with Crippen molar-refractivity contribution in [1.29, 1.82) is 0 Å². The molecule has 0 aliphatic heterocycles. The van der Waals surface area contributed by atoms with Gasteiger partial charge in [-0.05, 0) is 19.3 Å². The zero-order valence-corrected chi connectivity index (χ0v) is 10.0. The molecule has 0 amide bonds. The van der Waals surface area contributed by atoms with Crippen LogP contribution in [0.4, 0.5) is 0 Å². The van der Waals surface area contributed by atoms with Gasteiger partial charge < -0.3 is 14.4 Å². The molecular formula is C11H24NO3. The van der Waals surface area contributed by atoms with E-state index in [4.69, 9.17) is 9.47 Å². The van der Waals surface area contributed by atoms with Crippen molar-refractivity contribution in [2.24, 2.45) is 0 Å². The highest BCUT2D eigenvalue weighted by molar-refractivity contribution is 4.58. The van der Waals surface area contributed by atoms with Gasteiger partial charge in [0.2, 0.25) is 0 Å². The second kappa shape index (κ2) is 11.9. The highest BCUT2D eigenvalue weighted by Crippen LogP contribution is 1.97. The van der Waals surface area contributed by atoms with E-state index in [-0.39, 0.29) is 6.61 Å². The molecular weight excluding hydrogens is 194 g/mol. The SMILES string of the molecule is COCCCN(CCC[O])CCCOC. The minimum atomic E-state index is 0.0189. The third-order valence-electron chi connectivity index (χ3n) is 2.26. The second-order valence-electron chi connectivity index (χ2n) is 3.59. The van der Waals surface area contributed by atoms with E-state index < -0.39 is 0 Å². The number of hydrogen-bond donors (Lipinski definition) is 0. The van der Waals surface area contributed by atoms with Crippen molar-refractivity contribution in [3.63, 3.8) is 0 Å². The summed E-state index contributed by atoms with van der Waals surface area (Å²) in [7, 11) is 3.43. The molecule has 0 aliphatic carbocycles. The van der Waals surface area contributed by atoms with E-state index in [2.05, 4.69) is 4.90 Å². The largest absolute Gasteiger partial charge is 0.385 e. The van der Waals surface area contributed by atoms with Gasteiger partial charge in [-0.2, -0.15) is 0 Å². The minimum Gasteiger partial charge on any atom is -0.385 e. The Morgan fingerprint density at radius 1 is 0.867 bits per heavy atom. The van der Waals surface area contributed by atoms with Crippen LogP contribution in [0.25, 0.3) is 0 Å². The molecule has 91 valence electrons. The second-order valence-corrected chi connectivity index (χ2v) is 3.59. The molecule has 0 saturated heterocycles. The van der Waals surface area contributed by atoms with Crippen LogP contribution in [0.2, 0.25) is 0 Å². The van der Waals surface area contributed by atoms with Crippen LogP contribution >= 0.6 is 0 Å². The lowest BCUT2D eigenvalue weighted by molar-refractivity contribution is 0.137. The topological polar surface area (TPSA) is 41.6 Å². The van der Waals surface area contributed by atoms with E-state index in [1.807, 2.05) is 0 Å². The molecule has 4 nitrogen and oxygen atoms in total. The average molecular weight is 218 g/mol. The summed E-state index contributed by atoms with van der Waals surface area (Å²) in [5, 5.41) is 10.4. The molecule has 0 saturated carbocycles. The summed E-state index contributed by atoms with van der Waals surface area (Å²) >= 11 is 0. The van der Waals surface area contributed by atoms with Crippen LogP contribution in [0.3, 0.4) is 0 Å². The Morgan fingerprint density at radius 3 is 1.73 bits per heavy atom. The summed E-state index contributed by atoms with van der Waals surface area (Å²) in [6.45, 7) is 4.52. The Balaban J connectivity index is 3.53. The van der Waals surface area contributed by atoms with Gasteiger partial charge in [0.1, 0.15) is 0 Å². The van der Waals surface area contributed by atoms with Crippen molar-refractivity contribution in [2.45, 2.75) is 19.3 Å². The number of hydrogen-bond acceptors (Lipinski definition) is 3. The Kier molecular flexibility index (Phi) is 11.8. The Labute approximate surface area is 93.2 Å². The van der Waals surface area contributed by atoms with Crippen LogP contribution in [-0.2, 0) is 14.6 Å². The van der Waals surface area contributed by atoms with E-state index in [1.165, 1.54) is 0 Å². The molecule has 0 aliphatic rings. The summed E-state index contributed by atoms with van der Waals surface area (Å²) < 4.78 is 10.0. The van der Waals surface area contributed by atoms with Crippen molar-refractivity contribution >= 4 is 0 Å². The molecule has 0 rings (SSSR count). The van der Waals surface area contributed by atoms with Crippen molar-refractivity contribution in [3.05, 3.63) is 0 Å². The van der Waals surface area contributed by atoms with Gasteiger partial charge in [-0.3, -0.25) is 0 Å². The van der Waals surface area contributed by atoms with Gasteiger partial charge in [0.05, 0.1) is 6.61 Å². The third-order valence-corrected chi connectivity index (χ3v) is 2.26. The van der Waals surface area contributed by atoms with E-state index in [0.29, 0.717) is 0 Å². The van der Waals surface area contributed by atoms with Crippen molar-refractivity contribution in [1.82, 2.24) is 4.90 Å². The van der Waals surface area contributed by atoms with Gasteiger partial charge in [-0.25, -0.2) is 5.11 Å². The monoisotopic (exact) mass is 218 g/mol. The minimum absolute atomic E-state index is 0.0189. The highest BCUT2D eigenvalue weighted by Gasteiger charge is 2.03. The summed E-state index contributed by atoms with van der Waals surface area (Å²) in [5.74, 6) is 0. The Bertz CT molecular complexity index is 112. The molecule has 0 bridgehead atoms. The maximum absolute atomic E-state index is 10.4. The van der Waals surface area contributed by atoms with Crippen LogP contribution in [0, 0.1) is 0 Å². The average Bonchev–Trinajstić information content (AvgIpc) is 2.25. The van der Waals surface area contributed by atoms with E-state index >= 15 is 0 Å². The first-order chi connectivity index (χ1) is 7.35. The normalized spacial score (nSPS) is 11.2. The fourth-order valence-corrected chi connectivity index (χ4v) is 1.49. The molecule has 0 fully saturated rings. The molecule has 4 heteroatoms. The van der Waals surface area contributed by atoms with Gasteiger partial charge in [0, 0.05) is 47.1 Å². The predicted molar refractivity (Wildman–Crippen MR) is 59.6 cm³/mol. The van der Waals surface area contributed by atoms with Crippen molar-refractivity contribution in [2.75, 3.05) is 53.7 Å². The molecule has 1 radical (unpaired) electrons. The fourth-order valence-electron chi connectivity index (χ4n) is 1.49. The van der Waals surface area contributed by atoms with Gasteiger partial charge in [-0.1, -0.05) is 0 Å². The summed E-state index contributed by atoms with van der Waals surface area (Å²) in [6, 6.07) is 0. The van der Waals surface area contributed by atoms with Crippen molar-refractivity contribution < 1.29 is 14.6 Å². The maximum atomic E-state index is 10.4. The van der Waals surface area contributed by atoms with E-state index in [1.54, 1.807) is 14.2 Å². The summed E-state index contributed by atoms with van der Waals surface area (Å²) in [6.07, 6.45) is 2.80. The maximum Gasteiger partial charge on any atom is 0.0834 e. The fraction of sp³-hybridized carbons (Fsp3) is 1.00. The quantitative estimate of drug-likeness (QED) is 0.489. The number of ether oxygens (including phenoxy) is 2. The van der Waals surface area contributed by atoms with Gasteiger partial charge in [0.15, 0.2) is 0 Å². The van der Waals surface area contributed by atoms with Crippen LogP contribution in [0.1, 0.15) is 19.3 Å². The standard InChI is InChI=1S/C11H24NO3/c1-14-10-4-7-12(6-3-9-13)8-5-11-15-2/h3-11H2,1-2H3. The molecule has 0 aromatic carbocycles. The van der Waals surface area contributed by atoms with Gasteiger partial charge in [0.25, 0.3) is 0 Å². The molecule has 0 aromatic heterocycles. The summed E-state index contributed by atoms with van der Waals surface area (Å²) in [4.78, 5) is 2.32. The first kappa shape index (κ1) is 14.8. The number of nitrogens with zero attached hydrogens (tertiary/aromatic N) is 1. The molecule has 0 aromatic rings. The van der Waals surface area contributed by atoms with E-state index in [0.717, 1.165) is 52.1 Å². The predicted octanol–water partition coefficient (Wildman–Crippen LogP) is 1.18. The summed E-state index contributed by atoms with van der Waals surface area (Å²) in [5.41, 5.74) is 0. The Morgan fingerprint density at radius 2 is 1.33 bits per heavy atom. The molecule has 0 spiro atoms. The lowest BCUT2D eigenvalue weighted by Crippen LogP contribution is -2.29. The first-order valence-corrected chi connectivity index (χ1v) is 5.63. The lowest BCUT2D eigenvalue weighted by atomic mass is 10.3. The van der Waals surface area contributed by atoms with Crippen LogP contribution in [0.5, 0.6) is 0 Å². The highest BCUT2D eigenvalue weighted by atomic mass is 16.5. The zero-order valence-electron chi connectivity index (χ0n) is 10.0. The molecule has 15 heavy (non-hydrogen) atoms. The third kappa shape index (κ3) is 10.1. The molecule has 0 atom stereocenters. The van der Waals surface area contributed by atoms with Crippen molar-refractivity contribution in [3.8, 4) is 0 Å². The lowest BCUT2D eigenvalue weighted by Gasteiger charge is -2.21. The van der Waals surface area contributed by atoms with Gasteiger partial charge >= 0.3 is 0 Å². The first-order valence-electron chi connectivity index (χ1n) is 5.63. The molecule has 0 unspecified atom stereocenters. The molecule has 0 heterocycles. The van der Waals surface area contributed by atoms with Crippen LogP contribution in [-0.4, -0.2) is 58.6 Å². The zero-order chi connectivity index (χ0) is 11.4.